The average Bonchev–Trinajstić information content (AvgIpc) is 2.44. The molecule has 0 spiro atoms. The van der Waals surface area contributed by atoms with Crippen molar-refractivity contribution in [2.75, 3.05) is 6.61 Å². The summed E-state index contributed by atoms with van der Waals surface area (Å²) in [6.07, 6.45) is 0.697. The summed E-state index contributed by atoms with van der Waals surface area (Å²) in [6, 6.07) is 0. The SMILES string of the molecule is CC(C)C(=O)C(C)CC(C)(C)C(C)(C)OCCC(C)(C)NC(=O)OCl. The lowest BCUT2D eigenvalue weighted by Gasteiger charge is -2.43. The maximum Gasteiger partial charge on any atom is 0.425 e. The first kappa shape index (κ1) is 24.2. The minimum absolute atomic E-state index is 0.00512. The molecule has 0 fully saturated rings. The molecule has 0 aromatic rings. The molecular formula is C19H36ClNO4. The molecule has 0 aliphatic rings. The molecule has 1 N–H and O–H groups in total. The van der Waals surface area contributed by atoms with Crippen molar-refractivity contribution in [3.63, 3.8) is 0 Å². The van der Waals surface area contributed by atoms with Crippen LogP contribution in [0, 0.1) is 17.3 Å². The van der Waals surface area contributed by atoms with Gasteiger partial charge in [-0.2, -0.15) is 0 Å². The van der Waals surface area contributed by atoms with Gasteiger partial charge in [0.05, 0.1) is 5.60 Å². The van der Waals surface area contributed by atoms with E-state index in [9.17, 15) is 9.59 Å². The molecule has 0 radical (unpaired) electrons. The van der Waals surface area contributed by atoms with Crippen LogP contribution in [-0.2, 0) is 13.8 Å². The Morgan fingerprint density at radius 3 is 2.00 bits per heavy atom. The predicted molar refractivity (Wildman–Crippen MR) is 102 cm³/mol. The van der Waals surface area contributed by atoms with Gasteiger partial charge < -0.3 is 14.3 Å². The van der Waals surface area contributed by atoms with Crippen molar-refractivity contribution in [3.05, 3.63) is 0 Å². The van der Waals surface area contributed by atoms with Crippen molar-refractivity contribution in [1.29, 1.82) is 0 Å². The highest BCUT2D eigenvalue weighted by molar-refractivity contribution is 6.12. The number of carbonyl (C=O) groups excluding carboxylic acids is 2. The molecule has 6 heteroatoms. The molecule has 0 saturated heterocycles. The first-order valence-corrected chi connectivity index (χ1v) is 9.24. The maximum absolute atomic E-state index is 12.2. The third-order valence-corrected chi connectivity index (χ3v) is 5.34. The van der Waals surface area contributed by atoms with Crippen molar-refractivity contribution in [2.24, 2.45) is 17.3 Å². The summed E-state index contributed by atoms with van der Waals surface area (Å²) in [5, 5.41) is 2.67. The lowest BCUT2D eigenvalue weighted by Crippen LogP contribution is -2.47. The Kier molecular flexibility index (Phi) is 8.92. The average molecular weight is 378 g/mol. The van der Waals surface area contributed by atoms with Gasteiger partial charge in [0.15, 0.2) is 0 Å². The minimum Gasteiger partial charge on any atom is -0.375 e. The summed E-state index contributed by atoms with van der Waals surface area (Å²) in [5.74, 6) is 0.326. The summed E-state index contributed by atoms with van der Waals surface area (Å²) >= 11 is 5.05. The Balaban J connectivity index is 4.73. The van der Waals surface area contributed by atoms with Gasteiger partial charge in [-0.05, 0) is 46.0 Å². The number of nitrogens with one attached hydrogen (secondary N) is 1. The van der Waals surface area contributed by atoms with E-state index in [1.165, 1.54) is 0 Å². The first-order chi connectivity index (χ1) is 11.1. The van der Waals surface area contributed by atoms with Crippen LogP contribution in [0.1, 0.15) is 75.2 Å². The van der Waals surface area contributed by atoms with Crippen molar-refractivity contribution in [3.8, 4) is 0 Å². The molecule has 1 unspecified atom stereocenters. The van der Waals surface area contributed by atoms with Gasteiger partial charge in [-0.1, -0.05) is 34.6 Å². The van der Waals surface area contributed by atoms with E-state index < -0.39 is 17.2 Å². The molecule has 0 heterocycles. The van der Waals surface area contributed by atoms with Crippen LogP contribution in [0.4, 0.5) is 4.79 Å². The molecule has 1 amide bonds. The Bertz CT molecular complexity index is 458. The van der Waals surface area contributed by atoms with Crippen LogP contribution in [0.15, 0.2) is 0 Å². The van der Waals surface area contributed by atoms with Gasteiger partial charge in [0, 0.05) is 24.0 Å². The van der Waals surface area contributed by atoms with Gasteiger partial charge in [-0.3, -0.25) is 4.79 Å². The van der Waals surface area contributed by atoms with Gasteiger partial charge in [-0.25, -0.2) is 4.79 Å². The number of hydrogen-bond donors (Lipinski definition) is 1. The molecule has 0 saturated carbocycles. The van der Waals surface area contributed by atoms with Crippen LogP contribution in [-0.4, -0.2) is 29.6 Å². The number of amides is 1. The third-order valence-electron chi connectivity index (χ3n) is 5.20. The van der Waals surface area contributed by atoms with Crippen molar-refractivity contribution >= 4 is 23.7 Å². The van der Waals surface area contributed by atoms with Gasteiger partial charge in [0.1, 0.15) is 17.6 Å². The Morgan fingerprint density at radius 2 is 1.56 bits per heavy atom. The molecule has 0 aliphatic carbocycles. The van der Waals surface area contributed by atoms with E-state index in [0.29, 0.717) is 13.0 Å². The molecule has 0 rings (SSSR count). The van der Waals surface area contributed by atoms with E-state index in [0.717, 1.165) is 6.42 Å². The molecule has 0 bridgehead atoms. The van der Waals surface area contributed by atoms with Crippen LogP contribution in [0.5, 0.6) is 0 Å². The highest BCUT2D eigenvalue weighted by Gasteiger charge is 2.40. The zero-order valence-corrected chi connectivity index (χ0v) is 18.0. The normalized spacial score (nSPS) is 14.4. The topological polar surface area (TPSA) is 64.6 Å². The number of hydrogen-bond acceptors (Lipinski definition) is 4. The smallest absolute Gasteiger partial charge is 0.375 e. The number of ether oxygens (including phenoxy) is 1. The highest BCUT2D eigenvalue weighted by atomic mass is 35.5. The molecule has 0 aromatic heterocycles. The third kappa shape index (κ3) is 7.95. The fourth-order valence-electron chi connectivity index (χ4n) is 2.80. The zero-order chi connectivity index (χ0) is 20.1. The van der Waals surface area contributed by atoms with Crippen LogP contribution < -0.4 is 5.32 Å². The summed E-state index contributed by atoms with van der Waals surface area (Å²) in [4.78, 5) is 23.5. The Hall–Kier alpha value is -0.810. The van der Waals surface area contributed by atoms with E-state index in [1.54, 1.807) is 0 Å². The van der Waals surface area contributed by atoms with Gasteiger partial charge in [0.25, 0.3) is 0 Å². The van der Waals surface area contributed by atoms with Crippen molar-refractivity contribution in [1.82, 2.24) is 5.32 Å². The largest absolute Gasteiger partial charge is 0.425 e. The predicted octanol–water partition coefficient (Wildman–Crippen LogP) is 5.11. The number of carbonyl (C=O) groups is 2. The maximum atomic E-state index is 12.2. The molecule has 148 valence electrons. The molecule has 5 nitrogen and oxygen atoms in total. The fourth-order valence-corrected chi connectivity index (χ4v) is 2.83. The van der Waals surface area contributed by atoms with Crippen LogP contribution in [0.2, 0.25) is 0 Å². The number of Topliss-reactive ketones (excluding diaryl/α,β-unsaturated/α-hetero) is 1. The lowest BCUT2D eigenvalue weighted by atomic mass is 9.70. The molecule has 0 aromatic carbocycles. The van der Waals surface area contributed by atoms with E-state index >= 15 is 0 Å². The number of ketones is 1. The van der Waals surface area contributed by atoms with E-state index in [-0.39, 0.29) is 23.0 Å². The standard InChI is InChI=1S/C19H36ClNO4/c1-13(2)15(22)14(3)12-17(4,5)19(8,9)24-11-10-18(6,7)21-16(23)25-20/h13-14H,10-12H2,1-9H3,(H,21,23). The van der Waals surface area contributed by atoms with Gasteiger partial charge in [0.2, 0.25) is 0 Å². The number of halogens is 1. The van der Waals surface area contributed by atoms with Crippen molar-refractivity contribution in [2.45, 2.75) is 86.3 Å². The van der Waals surface area contributed by atoms with E-state index in [1.807, 2.05) is 48.5 Å². The molecule has 25 heavy (non-hydrogen) atoms. The Morgan fingerprint density at radius 1 is 1.04 bits per heavy atom. The van der Waals surface area contributed by atoms with Gasteiger partial charge >= 0.3 is 6.09 Å². The van der Waals surface area contributed by atoms with Crippen LogP contribution >= 0.6 is 11.9 Å². The van der Waals surface area contributed by atoms with E-state index in [2.05, 4.69) is 23.5 Å². The second-order valence-corrected chi connectivity index (χ2v) is 9.18. The number of rotatable bonds is 10. The Labute approximate surface area is 158 Å². The summed E-state index contributed by atoms with van der Waals surface area (Å²) in [6.45, 7) is 18.5. The second-order valence-electron chi connectivity index (χ2n) is 9.03. The lowest BCUT2D eigenvalue weighted by molar-refractivity contribution is -0.132. The first-order valence-electron chi connectivity index (χ1n) is 8.93. The second kappa shape index (κ2) is 9.22. The minimum atomic E-state index is -0.674. The quantitative estimate of drug-likeness (QED) is 0.574. The highest BCUT2D eigenvalue weighted by Crippen LogP contribution is 2.40. The van der Waals surface area contributed by atoms with Crippen LogP contribution in [0.3, 0.4) is 0 Å². The van der Waals surface area contributed by atoms with Crippen molar-refractivity contribution < 1.29 is 18.6 Å². The van der Waals surface area contributed by atoms with E-state index in [4.69, 9.17) is 16.6 Å². The summed E-state index contributed by atoms with van der Waals surface area (Å²) in [7, 11) is 0. The molecule has 1 atom stereocenters. The fraction of sp³-hybridized carbons (Fsp3) is 0.895. The molecule has 0 aliphatic heterocycles. The van der Waals surface area contributed by atoms with Crippen LogP contribution in [0.25, 0.3) is 0 Å². The molecular weight excluding hydrogens is 342 g/mol. The summed E-state index contributed by atoms with van der Waals surface area (Å²) in [5.41, 5.74) is -1.09. The summed E-state index contributed by atoms with van der Waals surface area (Å²) < 4.78 is 10.3. The zero-order valence-electron chi connectivity index (χ0n) is 17.3. The monoisotopic (exact) mass is 377 g/mol. The van der Waals surface area contributed by atoms with Gasteiger partial charge in [-0.15, -0.1) is 0 Å².